The van der Waals surface area contributed by atoms with Crippen molar-refractivity contribution in [3.8, 4) is 0 Å². The zero-order valence-electron chi connectivity index (χ0n) is 18.7. The molecule has 4 fully saturated rings. The third-order valence-corrected chi connectivity index (χ3v) is 8.26. The fraction of sp³-hybridized carbons (Fsp3) is 0.680. The Morgan fingerprint density at radius 3 is 2.53 bits per heavy atom. The SMILES string of the molecule is O=C(Nc1ccc(N2CCC[C@@]3(CCN([C@H]4CC[C@H](O)CC4)C3=O)C2)c(F)c1)C1CCC1. The average molecular weight is 444 g/mol. The van der Waals surface area contributed by atoms with E-state index in [2.05, 4.69) is 5.32 Å². The Kier molecular flexibility index (Phi) is 5.86. The van der Waals surface area contributed by atoms with Gasteiger partial charge < -0.3 is 20.2 Å². The van der Waals surface area contributed by atoms with Gasteiger partial charge in [0.1, 0.15) is 5.82 Å². The highest BCUT2D eigenvalue weighted by Crippen LogP contribution is 2.44. The van der Waals surface area contributed by atoms with E-state index in [-0.39, 0.29) is 35.7 Å². The van der Waals surface area contributed by atoms with E-state index in [1.807, 2.05) is 9.80 Å². The molecular formula is C25H34FN3O3. The summed E-state index contributed by atoms with van der Waals surface area (Å²) in [5.41, 5.74) is 0.577. The molecule has 2 aliphatic heterocycles. The Morgan fingerprint density at radius 2 is 1.84 bits per heavy atom. The number of likely N-dealkylation sites (tertiary alicyclic amines) is 1. The molecule has 4 aliphatic rings. The number of nitrogens with zero attached hydrogens (tertiary/aromatic N) is 2. The van der Waals surface area contributed by atoms with Gasteiger partial charge in [0, 0.05) is 37.3 Å². The lowest BCUT2D eigenvalue weighted by Crippen LogP contribution is -2.50. The predicted octanol–water partition coefficient (Wildman–Crippen LogP) is 3.69. The maximum atomic E-state index is 15.0. The molecule has 2 heterocycles. The van der Waals surface area contributed by atoms with E-state index in [0.717, 1.165) is 77.3 Å². The highest BCUT2D eigenvalue weighted by Gasteiger charge is 2.50. The van der Waals surface area contributed by atoms with Gasteiger partial charge in [0.15, 0.2) is 0 Å². The fourth-order valence-corrected chi connectivity index (χ4v) is 6.04. The minimum atomic E-state index is -0.433. The van der Waals surface area contributed by atoms with Crippen molar-refractivity contribution in [3.05, 3.63) is 24.0 Å². The van der Waals surface area contributed by atoms with Gasteiger partial charge >= 0.3 is 0 Å². The maximum absolute atomic E-state index is 15.0. The number of aliphatic hydroxyl groups excluding tert-OH is 1. The molecule has 1 atom stereocenters. The van der Waals surface area contributed by atoms with Crippen LogP contribution in [-0.4, -0.2) is 53.6 Å². The first-order valence-electron chi connectivity index (χ1n) is 12.3. The van der Waals surface area contributed by atoms with Crippen LogP contribution in [0.1, 0.15) is 64.2 Å². The number of aliphatic hydroxyl groups is 1. The number of hydrogen-bond acceptors (Lipinski definition) is 4. The van der Waals surface area contributed by atoms with Crippen LogP contribution in [0.3, 0.4) is 0 Å². The highest BCUT2D eigenvalue weighted by atomic mass is 19.1. The van der Waals surface area contributed by atoms with Crippen molar-refractivity contribution < 1.29 is 19.1 Å². The van der Waals surface area contributed by atoms with E-state index < -0.39 is 5.41 Å². The molecule has 7 heteroatoms. The molecule has 2 saturated heterocycles. The molecule has 0 aromatic heterocycles. The zero-order valence-corrected chi connectivity index (χ0v) is 18.7. The van der Waals surface area contributed by atoms with Crippen LogP contribution in [0.2, 0.25) is 0 Å². The minimum absolute atomic E-state index is 0.0211. The monoisotopic (exact) mass is 443 g/mol. The van der Waals surface area contributed by atoms with Crippen molar-refractivity contribution >= 4 is 23.2 Å². The number of carbonyl (C=O) groups excluding carboxylic acids is 2. The van der Waals surface area contributed by atoms with Crippen LogP contribution >= 0.6 is 0 Å². The molecule has 1 aromatic rings. The van der Waals surface area contributed by atoms with Gasteiger partial charge in [-0.3, -0.25) is 9.59 Å². The van der Waals surface area contributed by atoms with E-state index in [1.165, 1.54) is 6.07 Å². The second-order valence-corrected chi connectivity index (χ2v) is 10.3. The number of piperidine rings is 1. The van der Waals surface area contributed by atoms with E-state index in [1.54, 1.807) is 12.1 Å². The van der Waals surface area contributed by atoms with E-state index >= 15 is 4.39 Å². The summed E-state index contributed by atoms with van der Waals surface area (Å²) >= 11 is 0. The summed E-state index contributed by atoms with van der Waals surface area (Å²) < 4.78 is 15.0. The van der Waals surface area contributed by atoms with Crippen LogP contribution in [0, 0.1) is 17.2 Å². The topological polar surface area (TPSA) is 72.9 Å². The van der Waals surface area contributed by atoms with Gasteiger partial charge in [-0.25, -0.2) is 4.39 Å². The number of carbonyl (C=O) groups is 2. The smallest absolute Gasteiger partial charge is 0.230 e. The average Bonchev–Trinajstić information content (AvgIpc) is 3.03. The van der Waals surface area contributed by atoms with Crippen molar-refractivity contribution in [3.63, 3.8) is 0 Å². The largest absolute Gasteiger partial charge is 0.393 e. The molecule has 6 nitrogen and oxygen atoms in total. The Bertz CT molecular complexity index is 881. The molecular weight excluding hydrogens is 409 g/mol. The van der Waals surface area contributed by atoms with Gasteiger partial charge in [-0.1, -0.05) is 6.42 Å². The Labute approximate surface area is 189 Å². The molecule has 32 heavy (non-hydrogen) atoms. The first-order valence-corrected chi connectivity index (χ1v) is 12.3. The number of benzene rings is 1. The quantitative estimate of drug-likeness (QED) is 0.745. The Balaban J connectivity index is 1.26. The van der Waals surface area contributed by atoms with Gasteiger partial charge in [-0.05, 0) is 76.0 Å². The molecule has 2 N–H and O–H groups in total. The van der Waals surface area contributed by atoms with Crippen LogP contribution in [-0.2, 0) is 9.59 Å². The minimum Gasteiger partial charge on any atom is -0.393 e. The van der Waals surface area contributed by atoms with Crippen molar-refractivity contribution in [2.24, 2.45) is 11.3 Å². The van der Waals surface area contributed by atoms with Crippen LogP contribution in [0.4, 0.5) is 15.8 Å². The maximum Gasteiger partial charge on any atom is 0.230 e. The molecule has 0 unspecified atom stereocenters. The second kappa shape index (κ2) is 8.65. The molecule has 2 aliphatic carbocycles. The molecule has 5 rings (SSSR count). The number of hydrogen-bond donors (Lipinski definition) is 2. The molecule has 1 aromatic carbocycles. The number of amides is 2. The van der Waals surface area contributed by atoms with Crippen molar-refractivity contribution in [2.75, 3.05) is 29.9 Å². The predicted molar refractivity (Wildman–Crippen MR) is 121 cm³/mol. The third kappa shape index (κ3) is 4.00. The Morgan fingerprint density at radius 1 is 1.06 bits per heavy atom. The lowest BCUT2D eigenvalue weighted by molar-refractivity contribution is -0.139. The number of rotatable bonds is 4. The van der Waals surface area contributed by atoms with Gasteiger partial charge in [-0.2, -0.15) is 0 Å². The summed E-state index contributed by atoms with van der Waals surface area (Å²) in [6, 6.07) is 5.15. The fourth-order valence-electron chi connectivity index (χ4n) is 6.04. The van der Waals surface area contributed by atoms with Gasteiger partial charge in [-0.15, -0.1) is 0 Å². The van der Waals surface area contributed by atoms with Crippen LogP contribution < -0.4 is 10.2 Å². The first-order chi connectivity index (χ1) is 15.4. The zero-order chi connectivity index (χ0) is 22.3. The van der Waals surface area contributed by atoms with E-state index in [0.29, 0.717) is 17.9 Å². The summed E-state index contributed by atoms with van der Waals surface area (Å²) in [6.07, 6.45) is 8.49. The third-order valence-electron chi connectivity index (χ3n) is 8.26. The molecule has 2 amide bonds. The number of halogens is 1. The standard InChI is InChI=1S/C25H34FN3O3/c26-21-15-18(27-23(31)17-3-1-4-17)5-10-22(21)28-13-2-11-25(16-28)12-14-29(24(25)32)19-6-8-20(30)9-7-19/h5,10,15,17,19-20,30H,1-4,6-9,11-14,16H2,(H,27,31)/t19-,20-,25-/m1/s1. The summed E-state index contributed by atoms with van der Waals surface area (Å²) in [5.74, 6) is -0.0962. The van der Waals surface area contributed by atoms with Gasteiger partial charge in [0.05, 0.1) is 17.2 Å². The summed E-state index contributed by atoms with van der Waals surface area (Å²) in [5, 5.41) is 12.6. The number of nitrogens with one attached hydrogen (secondary N) is 1. The van der Waals surface area contributed by atoms with E-state index in [4.69, 9.17) is 0 Å². The number of anilines is 2. The summed E-state index contributed by atoms with van der Waals surface area (Å²) in [6.45, 7) is 2.04. The summed E-state index contributed by atoms with van der Waals surface area (Å²) in [7, 11) is 0. The first kappa shape index (κ1) is 21.7. The van der Waals surface area contributed by atoms with Crippen molar-refractivity contribution in [1.29, 1.82) is 0 Å². The molecule has 2 saturated carbocycles. The van der Waals surface area contributed by atoms with Crippen molar-refractivity contribution in [2.45, 2.75) is 76.4 Å². The van der Waals surface area contributed by atoms with Gasteiger partial charge in [0.2, 0.25) is 11.8 Å². The lowest BCUT2D eigenvalue weighted by Gasteiger charge is -2.41. The highest BCUT2D eigenvalue weighted by molar-refractivity contribution is 5.93. The van der Waals surface area contributed by atoms with E-state index in [9.17, 15) is 14.7 Å². The second-order valence-electron chi connectivity index (χ2n) is 10.3. The van der Waals surface area contributed by atoms with Crippen molar-refractivity contribution in [1.82, 2.24) is 4.90 Å². The Hall–Kier alpha value is -2.15. The molecule has 0 radical (unpaired) electrons. The summed E-state index contributed by atoms with van der Waals surface area (Å²) in [4.78, 5) is 29.7. The molecule has 0 bridgehead atoms. The molecule has 174 valence electrons. The van der Waals surface area contributed by atoms with Crippen LogP contribution in [0.15, 0.2) is 18.2 Å². The molecule has 1 spiro atoms. The van der Waals surface area contributed by atoms with Gasteiger partial charge in [0.25, 0.3) is 0 Å². The normalized spacial score (nSPS) is 31.1. The van der Waals surface area contributed by atoms with Crippen LogP contribution in [0.5, 0.6) is 0 Å². The van der Waals surface area contributed by atoms with Crippen LogP contribution in [0.25, 0.3) is 0 Å². The lowest BCUT2D eigenvalue weighted by atomic mass is 9.78.